The normalized spacial score (nSPS) is 22.9. The summed E-state index contributed by atoms with van der Waals surface area (Å²) in [6, 6.07) is -0.883. The molecule has 0 bridgehead atoms. The van der Waals surface area contributed by atoms with Crippen molar-refractivity contribution in [2.75, 3.05) is 31.4 Å². The second-order valence-electron chi connectivity index (χ2n) is 4.93. The molecule has 1 saturated heterocycles. The van der Waals surface area contributed by atoms with E-state index in [0.29, 0.717) is 12.3 Å². The van der Waals surface area contributed by atoms with E-state index in [1.807, 2.05) is 20.1 Å². The number of nitrogens with zero attached hydrogens (tertiary/aromatic N) is 2. The smallest absolute Gasteiger partial charge is 0.327 e. The predicted molar refractivity (Wildman–Crippen MR) is 80.8 cm³/mol. The monoisotopic (exact) mass is 306 g/mol. The molecule has 2 amide bonds. The summed E-state index contributed by atoms with van der Waals surface area (Å²) in [7, 11) is 1.73. The Kier molecular flexibility index (Phi) is 6.32. The Balaban J connectivity index is 2.83. The zero-order valence-corrected chi connectivity index (χ0v) is 13.5. The van der Waals surface area contributed by atoms with Gasteiger partial charge in [0.15, 0.2) is 0 Å². The number of hydrogen-bond acceptors (Lipinski definition) is 4. The van der Waals surface area contributed by atoms with E-state index in [2.05, 4.69) is 0 Å². The molecule has 1 fully saturated rings. The van der Waals surface area contributed by atoms with E-state index in [4.69, 9.17) is 0 Å². The summed E-state index contributed by atoms with van der Waals surface area (Å²) in [6.07, 6.45) is 1.99. The minimum atomic E-state index is -0.915. The number of carbonyl (C=O) groups is 2. The third kappa shape index (κ3) is 3.95. The molecule has 0 radical (unpaired) electrons. The second kappa shape index (κ2) is 7.28. The van der Waals surface area contributed by atoms with Gasteiger partial charge in [-0.25, -0.2) is 9.59 Å². The van der Waals surface area contributed by atoms with Crippen LogP contribution in [0.5, 0.6) is 0 Å². The first-order chi connectivity index (χ1) is 8.90. The van der Waals surface area contributed by atoms with Crippen LogP contribution in [-0.4, -0.2) is 69.7 Å². The number of carboxylic acids is 1. The van der Waals surface area contributed by atoms with Gasteiger partial charge in [0.1, 0.15) is 6.04 Å². The Morgan fingerprint density at radius 3 is 2.63 bits per heavy atom. The van der Waals surface area contributed by atoms with Crippen molar-refractivity contribution in [3.63, 3.8) is 0 Å². The van der Waals surface area contributed by atoms with Crippen molar-refractivity contribution in [1.82, 2.24) is 9.80 Å². The van der Waals surface area contributed by atoms with E-state index < -0.39 is 12.0 Å². The van der Waals surface area contributed by atoms with Crippen LogP contribution < -0.4 is 0 Å². The molecule has 19 heavy (non-hydrogen) atoms. The molecule has 2 atom stereocenters. The van der Waals surface area contributed by atoms with Gasteiger partial charge >= 0.3 is 12.0 Å². The lowest BCUT2D eigenvalue weighted by Gasteiger charge is -2.33. The highest BCUT2D eigenvalue weighted by atomic mass is 32.2. The van der Waals surface area contributed by atoms with Gasteiger partial charge in [0.05, 0.1) is 5.37 Å². The molecule has 110 valence electrons. The van der Waals surface area contributed by atoms with Crippen LogP contribution in [0, 0.1) is 5.92 Å². The molecule has 1 rings (SSSR count). The Bertz CT molecular complexity index is 339. The first kappa shape index (κ1) is 16.5. The van der Waals surface area contributed by atoms with E-state index in [9.17, 15) is 14.7 Å². The van der Waals surface area contributed by atoms with Gasteiger partial charge in [0.2, 0.25) is 0 Å². The molecule has 1 heterocycles. The van der Waals surface area contributed by atoms with Crippen LogP contribution in [0.15, 0.2) is 0 Å². The minimum absolute atomic E-state index is 0.0506. The van der Waals surface area contributed by atoms with Crippen molar-refractivity contribution < 1.29 is 14.7 Å². The van der Waals surface area contributed by atoms with Gasteiger partial charge in [-0.05, 0) is 12.2 Å². The molecule has 0 aromatic heterocycles. The van der Waals surface area contributed by atoms with Gasteiger partial charge in [0, 0.05) is 25.1 Å². The fourth-order valence-electron chi connectivity index (χ4n) is 1.99. The van der Waals surface area contributed by atoms with E-state index in [1.165, 1.54) is 4.90 Å². The number of hydrogen-bond donors (Lipinski definition) is 1. The lowest BCUT2D eigenvalue weighted by Crippen LogP contribution is -2.52. The molecule has 1 N–H and O–H groups in total. The second-order valence-corrected chi connectivity index (χ2v) is 7.06. The van der Waals surface area contributed by atoms with Gasteiger partial charge in [-0.15, -0.1) is 11.8 Å². The standard InChI is InChI=1S/C12H22N2O3S2/c1-8(2)10-14(9(7-19-10)11(15)16)12(17)13(3)5-6-18-4/h8-10H,5-7H2,1-4H3,(H,15,16). The van der Waals surface area contributed by atoms with Crippen molar-refractivity contribution in [2.45, 2.75) is 25.3 Å². The van der Waals surface area contributed by atoms with Crippen molar-refractivity contribution in [3.05, 3.63) is 0 Å². The molecule has 0 aromatic rings. The maximum absolute atomic E-state index is 12.4. The molecule has 0 aromatic carbocycles. The van der Waals surface area contributed by atoms with Crippen molar-refractivity contribution in [3.8, 4) is 0 Å². The Morgan fingerprint density at radius 2 is 2.16 bits per heavy atom. The van der Waals surface area contributed by atoms with Crippen LogP contribution in [0.1, 0.15) is 13.8 Å². The zero-order chi connectivity index (χ0) is 14.6. The highest BCUT2D eigenvalue weighted by Gasteiger charge is 2.43. The molecule has 1 aliphatic rings. The molecule has 1 aliphatic heterocycles. The Hall–Kier alpha value is -0.560. The van der Waals surface area contributed by atoms with Gasteiger partial charge in [-0.1, -0.05) is 13.8 Å². The molecule has 2 unspecified atom stereocenters. The highest BCUT2D eigenvalue weighted by molar-refractivity contribution is 8.00. The number of carboxylic acid groups (broad SMARTS) is 1. The van der Waals surface area contributed by atoms with Crippen LogP contribution in [0.4, 0.5) is 4.79 Å². The molecular weight excluding hydrogens is 284 g/mol. The maximum atomic E-state index is 12.4. The van der Waals surface area contributed by atoms with Gasteiger partial charge in [0.25, 0.3) is 0 Å². The van der Waals surface area contributed by atoms with Gasteiger partial charge in [-0.3, -0.25) is 4.90 Å². The summed E-state index contributed by atoms with van der Waals surface area (Å²) in [6.45, 7) is 4.67. The summed E-state index contributed by atoms with van der Waals surface area (Å²) >= 11 is 3.23. The largest absolute Gasteiger partial charge is 0.480 e. The lowest BCUT2D eigenvalue weighted by atomic mass is 10.1. The summed E-state index contributed by atoms with van der Waals surface area (Å²) in [5, 5.41) is 9.21. The topological polar surface area (TPSA) is 60.9 Å². The zero-order valence-electron chi connectivity index (χ0n) is 11.8. The van der Waals surface area contributed by atoms with Crippen LogP contribution in [0.3, 0.4) is 0 Å². The first-order valence-electron chi connectivity index (χ1n) is 6.27. The minimum Gasteiger partial charge on any atom is -0.480 e. The van der Waals surface area contributed by atoms with Crippen molar-refractivity contribution >= 4 is 35.5 Å². The number of rotatable bonds is 5. The van der Waals surface area contributed by atoms with Gasteiger partial charge in [-0.2, -0.15) is 11.8 Å². The van der Waals surface area contributed by atoms with E-state index in [1.54, 1.807) is 35.5 Å². The number of aliphatic carboxylic acids is 1. The van der Waals surface area contributed by atoms with Crippen LogP contribution >= 0.6 is 23.5 Å². The summed E-state index contributed by atoms with van der Waals surface area (Å²) in [5.74, 6) is 0.655. The molecule has 0 saturated carbocycles. The summed E-state index contributed by atoms with van der Waals surface area (Å²) in [5.41, 5.74) is 0. The number of thioether (sulfide) groups is 2. The molecule has 7 heteroatoms. The van der Waals surface area contributed by atoms with E-state index in [-0.39, 0.29) is 17.3 Å². The summed E-state index contributed by atoms with van der Waals surface area (Å²) < 4.78 is 0. The lowest BCUT2D eigenvalue weighted by molar-refractivity contribution is -0.141. The molecular formula is C12H22N2O3S2. The SMILES string of the molecule is CSCCN(C)C(=O)N1C(C(=O)O)CSC1C(C)C. The molecule has 5 nitrogen and oxygen atoms in total. The molecule has 0 spiro atoms. The average Bonchev–Trinajstić information content (AvgIpc) is 2.79. The first-order valence-corrected chi connectivity index (χ1v) is 8.71. The van der Waals surface area contributed by atoms with Crippen LogP contribution in [0.25, 0.3) is 0 Å². The van der Waals surface area contributed by atoms with E-state index >= 15 is 0 Å². The van der Waals surface area contributed by atoms with Crippen molar-refractivity contribution in [1.29, 1.82) is 0 Å². The van der Waals surface area contributed by atoms with Gasteiger partial charge < -0.3 is 10.0 Å². The van der Waals surface area contributed by atoms with Crippen LogP contribution in [-0.2, 0) is 4.79 Å². The molecule has 0 aliphatic carbocycles. The third-order valence-electron chi connectivity index (χ3n) is 3.07. The number of amides is 2. The van der Waals surface area contributed by atoms with E-state index in [0.717, 1.165) is 5.75 Å². The third-order valence-corrected chi connectivity index (χ3v) is 5.28. The Labute approximate surface area is 123 Å². The van der Waals surface area contributed by atoms with Crippen molar-refractivity contribution in [2.24, 2.45) is 5.92 Å². The average molecular weight is 306 g/mol. The number of urea groups is 1. The summed E-state index contributed by atoms with van der Waals surface area (Å²) in [4.78, 5) is 26.9. The quantitative estimate of drug-likeness (QED) is 0.840. The number of carbonyl (C=O) groups excluding carboxylic acids is 1. The predicted octanol–water partition coefficient (Wildman–Crippen LogP) is 1.89. The fourth-order valence-corrected chi connectivity index (χ4v) is 3.92. The Morgan fingerprint density at radius 1 is 1.53 bits per heavy atom. The van der Waals surface area contributed by atoms with Crippen LogP contribution in [0.2, 0.25) is 0 Å². The highest BCUT2D eigenvalue weighted by Crippen LogP contribution is 2.34. The fraction of sp³-hybridized carbons (Fsp3) is 0.833. The maximum Gasteiger partial charge on any atom is 0.327 e.